The first-order chi connectivity index (χ1) is 21.3. The van der Waals surface area contributed by atoms with Crippen molar-refractivity contribution in [1.29, 1.82) is 0 Å². The molecule has 4 aromatic rings. The molecule has 0 aliphatic heterocycles. The van der Waals surface area contributed by atoms with Gasteiger partial charge in [-0.05, 0) is 53.8 Å². The van der Waals surface area contributed by atoms with Gasteiger partial charge in [-0.2, -0.15) is 13.2 Å². The van der Waals surface area contributed by atoms with Crippen molar-refractivity contribution in [1.82, 2.24) is 5.32 Å². The Hall–Kier alpha value is -4.70. The van der Waals surface area contributed by atoms with Crippen molar-refractivity contribution in [3.8, 4) is 16.9 Å². The van der Waals surface area contributed by atoms with Gasteiger partial charge in [0.15, 0.2) is 0 Å². The monoisotopic (exact) mass is 621 g/mol. The Bertz CT molecular complexity index is 1740. The quantitative estimate of drug-likeness (QED) is 0.159. The number of alkyl halides is 3. The normalized spacial score (nSPS) is 13.6. The molecule has 10 heteroatoms. The Morgan fingerprint density at radius 3 is 2.07 bits per heavy atom. The van der Waals surface area contributed by atoms with Crippen molar-refractivity contribution in [2.75, 3.05) is 14.2 Å². The lowest BCUT2D eigenvalue weighted by molar-refractivity contribution is -0.272. The Kier molecular flexibility index (Phi) is 9.68. The first-order valence-corrected chi connectivity index (χ1v) is 14.2. The summed E-state index contributed by atoms with van der Waals surface area (Å²) >= 11 is 0. The van der Waals surface area contributed by atoms with Gasteiger partial charge in [-0.3, -0.25) is 4.79 Å². The smallest absolute Gasteiger partial charge is 0.432 e. The van der Waals surface area contributed by atoms with Gasteiger partial charge in [0.1, 0.15) is 11.8 Å². The molecule has 236 valence electrons. The van der Waals surface area contributed by atoms with Crippen molar-refractivity contribution < 1.29 is 41.8 Å². The molecule has 2 atom stereocenters. The van der Waals surface area contributed by atoms with Crippen LogP contribution in [0.3, 0.4) is 0 Å². The van der Waals surface area contributed by atoms with Gasteiger partial charge in [0.25, 0.3) is 11.5 Å². The highest BCUT2D eigenvalue weighted by atomic mass is 19.4. The molecule has 0 aliphatic rings. The predicted molar refractivity (Wildman–Crippen MR) is 164 cm³/mol. The molecule has 0 spiro atoms. The van der Waals surface area contributed by atoms with Crippen LogP contribution >= 0.6 is 0 Å². The number of hydrogen-bond acceptors (Lipinski definition) is 6. The van der Waals surface area contributed by atoms with Gasteiger partial charge < -0.3 is 19.5 Å². The van der Waals surface area contributed by atoms with Gasteiger partial charge in [0, 0.05) is 29.4 Å². The van der Waals surface area contributed by atoms with E-state index in [1.54, 1.807) is 64.1 Å². The fraction of sp³-hybridized carbons (Fsp3) is 0.286. The van der Waals surface area contributed by atoms with E-state index in [1.807, 2.05) is 6.07 Å². The number of aryl methyl sites for hydroxylation is 2. The summed E-state index contributed by atoms with van der Waals surface area (Å²) in [6.45, 7) is 6.92. The zero-order valence-corrected chi connectivity index (χ0v) is 25.7. The van der Waals surface area contributed by atoms with Crippen LogP contribution in [0.5, 0.6) is 5.75 Å². The predicted octanol–water partition coefficient (Wildman–Crippen LogP) is 7.06. The van der Waals surface area contributed by atoms with Crippen LogP contribution in [0.1, 0.15) is 40.9 Å². The molecule has 1 N–H and O–H groups in total. The van der Waals surface area contributed by atoms with E-state index in [4.69, 9.17) is 14.2 Å². The lowest BCUT2D eigenvalue weighted by Gasteiger charge is -2.32. The van der Waals surface area contributed by atoms with Crippen molar-refractivity contribution in [2.24, 2.45) is 5.92 Å². The van der Waals surface area contributed by atoms with Gasteiger partial charge in [-0.25, -0.2) is 9.59 Å². The van der Waals surface area contributed by atoms with Crippen LogP contribution in [-0.2, 0) is 24.7 Å². The van der Waals surface area contributed by atoms with Crippen molar-refractivity contribution >= 4 is 28.6 Å². The number of carbonyl (C=O) groups excluding carboxylic acids is 3. The van der Waals surface area contributed by atoms with Crippen molar-refractivity contribution in [3.05, 3.63) is 101 Å². The molecule has 0 bridgehead atoms. The highest BCUT2D eigenvalue weighted by molar-refractivity contribution is 6.12. The second-order valence-corrected chi connectivity index (χ2v) is 11.0. The minimum absolute atomic E-state index is 0.115. The molecule has 0 saturated carbocycles. The summed E-state index contributed by atoms with van der Waals surface area (Å²) in [7, 11) is 2.02. The number of halogens is 3. The average Bonchev–Trinajstić information content (AvgIpc) is 2.99. The van der Waals surface area contributed by atoms with Crippen molar-refractivity contribution in [2.45, 2.75) is 45.5 Å². The minimum atomic E-state index is -5.19. The first kappa shape index (κ1) is 33.2. The Balaban J connectivity index is 1.96. The number of hydrogen-bond donors (Lipinski definition) is 1. The van der Waals surface area contributed by atoms with Crippen LogP contribution < -0.4 is 10.1 Å². The second kappa shape index (κ2) is 13.1. The van der Waals surface area contributed by atoms with E-state index in [0.717, 1.165) is 24.6 Å². The van der Waals surface area contributed by atoms with Gasteiger partial charge in [0.2, 0.25) is 0 Å². The van der Waals surface area contributed by atoms with E-state index in [-0.39, 0.29) is 22.8 Å². The average molecular weight is 622 g/mol. The van der Waals surface area contributed by atoms with E-state index < -0.39 is 41.2 Å². The second-order valence-electron chi connectivity index (χ2n) is 11.0. The molecule has 0 aromatic heterocycles. The SMILES string of the molecule is COC(=O)[C@@H](NC(=O)c1ccc2ccccc2c1-c1c(C)cc(C)cc1OC(=O)[C@](OC)(c1ccccc1)C(F)(F)F)C(C)C. The lowest BCUT2D eigenvalue weighted by atomic mass is 9.88. The number of rotatable bonds is 9. The Morgan fingerprint density at radius 2 is 1.47 bits per heavy atom. The molecule has 4 aromatic carbocycles. The fourth-order valence-electron chi connectivity index (χ4n) is 5.46. The summed E-state index contributed by atoms with van der Waals surface area (Å²) in [5, 5.41) is 4.03. The molecule has 7 nitrogen and oxygen atoms in total. The van der Waals surface area contributed by atoms with Gasteiger partial charge in [-0.15, -0.1) is 0 Å². The van der Waals surface area contributed by atoms with E-state index in [0.29, 0.717) is 22.1 Å². The van der Waals surface area contributed by atoms with Gasteiger partial charge in [-0.1, -0.05) is 80.6 Å². The molecule has 45 heavy (non-hydrogen) atoms. The highest BCUT2D eigenvalue weighted by Gasteiger charge is 2.64. The maximum absolute atomic E-state index is 14.7. The maximum atomic E-state index is 14.7. The molecule has 1 amide bonds. The fourth-order valence-corrected chi connectivity index (χ4v) is 5.46. The van der Waals surface area contributed by atoms with E-state index >= 15 is 0 Å². The van der Waals surface area contributed by atoms with Crippen molar-refractivity contribution in [3.63, 3.8) is 0 Å². The van der Waals surface area contributed by atoms with Crippen LogP contribution in [-0.4, -0.2) is 44.3 Å². The molecular weight excluding hydrogens is 587 g/mol. The molecule has 0 radical (unpaired) electrons. The number of esters is 2. The molecule has 0 aliphatic carbocycles. The van der Waals surface area contributed by atoms with Crippen LogP contribution in [0.4, 0.5) is 13.2 Å². The van der Waals surface area contributed by atoms with E-state index in [1.165, 1.54) is 31.4 Å². The third kappa shape index (κ3) is 6.28. The zero-order chi connectivity index (χ0) is 33.1. The van der Waals surface area contributed by atoms with Crippen LogP contribution in [0.25, 0.3) is 21.9 Å². The summed E-state index contributed by atoms with van der Waals surface area (Å²) in [6, 6.07) is 19.2. The Labute approximate surface area is 259 Å². The van der Waals surface area contributed by atoms with Gasteiger partial charge >= 0.3 is 18.1 Å². The molecule has 0 unspecified atom stereocenters. The number of fused-ring (bicyclic) bond motifs is 1. The Morgan fingerprint density at radius 1 is 0.822 bits per heavy atom. The van der Waals surface area contributed by atoms with Gasteiger partial charge in [0.05, 0.1) is 7.11 Å². The van der Waals surface area contributed by atoms with E-state index in [2.05, 4.69) is 5.32 Å². The first-order valence-electron chi connectivity index (χ1n) is 14.2. The number of carbonyl (C=O) groups is 3. The molecule has 4 rings (SSSR count). The highest BCUT2D eigenvalue weighted by Crippen LogP contribution is 2.46. The summed E-state index contributed by atoms with van der Waals surface area (Å²) < 4.78 is 59.7. The molecular formula is C35H34F3NO6. The maximum Gasteiger partial charge on any atom is 0.432 e. The topological polar surface area (TPSA) is 90.9 Å². The number of methoxy groups -OCH3 is 2. The molecule has 0 fully saturated rings. The summed E-state index contributed by atoms with van der Waals surface area (Å²) in [5.41, 5.74) is -2.10. The zero-order valence-electron chi connectivity index (χ0n) is 25.7. The largest absolute Gasteiger partial charge is 0.467 e. The van der Waals surface area contributed by atoms with Crippen LogP contribution in [0.15, 0.2) is 78.9 Å². The number of ether oxygens (including phenoxy) is 3. The number of nitrogens with one attached hydrogen (secondary N) is 1. The number of benzene rings is 4. The van der Waals surface area contributed by atoms with Crippen LogP contribution in [0, 0.1) is 19.8 Å². The van der Waals surface area contributed by atoms with Crippen LogP contribution in [0.2, 0.25) is 0 Å². The minimum Gasteiger partial charge on any atom is -0.467 e. The summed E-state index contributed by atoms with van der Waals surface area (Å²) in [6.07, 6.45) is -5.19. The third-order valence-electron chi connectivity index (χ3n) is 7.65. The standard InChI is InChI=1S/C35H34F3NO6/c1-20(2)30(32(41)43-5)39-31(40)26-17-16-23-12-10-11-15-25(23)29(26)28-22(4)18-21(3)19-27(28)45-33(42)34(44-6,35(36,37)38)24-13-8-7-9-14-24/h7-20,30H,1-6H3,(H,39,40)/t30-,34+/m0/s1. The van der Waals surface area contributed by atoms with E-state index in [9.17, 15) is 27.6 Å². The molecule has 0 heterocycles. The molecule has 0 saturated heterocycles. The number of amides is 1. The summed E-state index contributed by atoms with van der Waals surface area (Å²) in [4.78, 5) is 40.1. The third-order valence-corrected chi connectivity index (χ3v) is 7.65. The lowest BCUT2D eigenvalue weighted by Crippen LogP contribution is -2.52. The summed E-state index contributed by atoms with van der Waals surface area (Å²) in [5.74, 6) is -3.47.